The number of benzene rings is 2. The second kappa shape index (κ2) is 10.0. The number of unbranched alkanes of at least 4 members (excludes halogenated alkanes) is 1. The zero-order valence-electron chi connectivity index (χ0n) is 16.4. The number of hydrogen-bond donors (Lipinski definition) is 1. The summed E-state index contributed by atoms with van der Waals surface area (Å²) in [6.07, 6.45) is 1.54. The van der Waals surface area contributed by atoms with E-state index in [2.05, 4.69) is 6.92 Å². The third-order valence-electron chi connectivity index (χ3n) is 4.88. The molecule has 2 atom stereocenters. The van der Waals surface area contributed by atoms with Gasteiger partial charge in [0, 0.05) is 17.8 Å². The summed E-state index contributed by atoms with van der Waals surface area (Å²) in [6, 6.07) is 16.4. The van der Waals surface area contributed by atoms with Gasteiger partial charge in [0.05, 0.1) is 12.0 Å². The van der Waals surface area contributed by atoms with E-state index in [-0.39, 0.29) is 11.7 Å². The lowest BCUT2D eigenvalue weighted by atomic mass is 9.89. The largest absolute Gasteiger partial charge is 0.388 e. The highest BCUT2D eigenvalue weighted by molar-refractivity contribution is 5.95. The van der Waals surface area contributed by atoms with Crippen LogP contribution in [-0.2, 0) is 4.79 Å². The Labute approximate surface area is 161 Å². The number of carbonyl (C=O) groups is 2. The van der Waals surface area contributed by atoms with Crippen LogP contribution in [0, 0.1) is 5.92 Å². The van der Waals surface area contributed by atoms with Crippen LogP contribution in [0.25, 0.3) is 0 Å². The summed E-state index contributed by atoms with van der Waals surface area (Å²) in [6.45, 7) is 6.07. The minimum atomic E-state index is -0.900. The average Bonchev–Trinajstić information content (AvgIpc) is 2.69. The molecule has 2 rings (SSSR count). The van der Waals surface area contributed by atoms with Crippen molar-refractivity contribution in [3.63, 3.8) is 0 Å². The quantitative estimate of drug-likeness (QED) is 0.649. The molecule has 0 fully saturated rings. The molecule has 0 aliphatic carbocycles. The number of rotatable bonds is 9. The molecule has 0 aliphatic heterocycles. The fourth-order valence-corrected chi connectivity index (χ4v) is 3.26. The third-order valence-corrected chi connectivity index (χ3v) is 4.88. The topological polar surface area (TPSA) is 57.6 Å². The van der Waals surface area contributed by atoms with Crippen molar-refractivity contribution in [3.05, 3.63) is 65.7 Å². The molecule has 0 radical (unpaired) electrons. The number of anilines is 1. The fraction of sp³-hybridized carbons (Fsp3) is 0.391. The molecule has 2 aromatic rings. The Bertz CT molecular complexity index is 740. The number of ketones is 1. The van der Waals surface area contributed by atoms with Crippen molar-refractivity contribution in [1.29, 1.82) is 0 Å². The van der Waals surface area contributed by atoms with Crippen LogP contribution in [0.1, 0.15) is 62.1 Å². The van der Waals surface area contributed by atoms with E-state index < -0.39 is 12.0 Å². The second-order valence-corrected chi connectivity index (χ2v) is 6.79. The molecule has 0 spiro atoms. The number of amides is 1. The molecule has 0 bridgehead atoms. The predicted molar refractivity (Wildman–Crippen MR) is 109 cm³/mol. The van der Waals surface area contributed by atoms with Gasteiger partial charge in [0.25, 0.3) is 0 Å². The molecule has 1 N–H and O–H groups in total. The Kier molecular flexibility index (Phi) is 7.74. The number of para-hydroxylation sites is 1. The maximum atomic E-state index is 13.3. The Hall–Kier alpha value is -2.46. The molecule has 0 aromatic heterocycles. The van der Waals surface area contributed by atoms with Gasteiger partial charge in [0.1, 0.15) is 0 Å². The van der Waals surface area contributed by atoms with Crippen LogP contribution >= 0.6 is 0 Å². The van der Waals surface area contributed by atoms with E-state index in [9.17, 15) is 14.7 Å². The molecular weight excluding hydrogens is 338 g/mol. The van der Waals surface area contributed by atoms with Gasteiger partial charge in [0.15, 0.2) is 5.78 Å². The number of carbonyl (C=O) groups excluding carboxylic acids is 2. The molecule has 27 heavy (non-hydrogen) atoms. The Morgan fingerprint density at radius 1 is 1.00 bits per heavy atom. The van der Waals surface area contributed by atoms with E-state index >= 15 is 0 Å². The highest BCUT2D eigenvalue weighted by Gasteiger charge is 2.31. The van der Waals surface area contributed by atoms with Crippen molar-refractivity contribution in [3.8, 4) is 0 Å². The molecule has 4 heteroatoms. The third kappa shape index (κ3) is 5.27. The maximum absolute atomic E-state index is 13.3. The lowest BCUT2D eigenvalue weighted by Gasteiger charge is -2.29. The first-order chi connectivity index (χ1) is 13.0. The van der Waals surface area contributed by atoms with Gasteiger partial charge in [-0.05, 0) is 38.0 Å². The van der Waals surface area contributed by atoms with Crippen molar-refractivity contribution < 1.29 is 14.7 Å². The highest BCUT2D eigenvalue weighted by Crippen LogP contribution is 2.30. The van der Waals surface area contributed by atoms with Crippen molar-refractivity contribution in [2.24, 2.45) is 5.92 Å². The van der Waals surface area contributed by atoms with Crippen LogP contribution in [0.15, 0.2) is 54.6 Å². The van der Waals surface area contributed by atoms with Gasteiger partial charge in [-0.1, -0.05) is 62.2 Å². The summed E-state index contributed by atoms with van der Waals surface area (Å²) in [4.78, 5) is 26.5. The number of hydrogen-bond acceptors (Lipinski definition) is 3. The Morgan fingerprint density at radius 2 is 1.63 bits per heavy atom. The lowest BCUT2D eigenvalue weighted by Crippen LogP contribution is -2.38. The Morgan fingerprint density at radius 3 is 2.15 bits per heavy atom. The monoisotopic (exact) mass is 367 g/mol. The molecule has 0 unspecified atom stereocenters. The molecule has 0 heterocycles. The van der Waals surface area contributed by atoms with Gasteiger partial charge in [0.2, 0.25) is 5.91 Å². The predicted octanol–water partition coefficient (Wildman–Crippen LogP) is 4.78. The van der Waals surface area contributed by atoms with Crippen molar-refractivity contribution in [2.45, 2.75) is 46.1 Å². The smallest absolute Gasteiger partial charge is 0.233 e. The molecule has 144 valence electrons. The zero-order valence-corrected chi connectivity index (χ0v) is 16.4. The fourth-order valence-electron chi connectivity index (χ4n) is 3.26. The van der Waals surface area contributed by atoms with Gasteiger partial charge in [-0.25, -0.2) is 0 Å². The van der Waals surface area contributed by atoms with E-state index in [1.54, 1.807) is 29.2 Å². The molecule has 4 nitrogen and oxygen atoms in total. The van der Waals surface area contributed by atoms with Crippen molar-refractivity contribution >= 4 is 17.4 Å². The van der Waals surface area contributed by atoms with E-state index in [1.807, 2.05) is 37.3 Å². The molecule has 0 saturated carbocycles. The normalized spacial score (nSPS) is 13.0. The van der Waals surface area contributed by atoms with E-state index in [0.29, 0.717) is 24.1 Å². The minimum Gasteiger partial charge on any atom is -0.388 e. The summed E-state index contributed by atoms with van der Waals surface area (Å²) in [7, 11) is 0. The SMILES string of the molecule is CCCC[C@@H](C(=O)N(CC)c1ccccc1)[C@H](O)c1ccc(C(C)=O)cc1. The lowest BCUT2D eigenvalue weighted by molar-refractivity contribution is -0.126. The van der Waals surface area contributed by atoms with Crippen LogP contribution < -0.4 is 4.90 Å². The molecule has 2 aromatic carbocycles. The number of aliphatic hydroxyl groups is 1. The van der Waals surface area contributed by atoms with Crippen molar-refractivity contribution in [2.75, 3.05) is 11.4 Å². The van der Waals surface area contributed by atoms with E-state index in [0.717, 1.165) is 18.5 Å². The summed E-state index contributed by atoms with van der Waals surface area (Å²) in [5, 5.41) is 11.0. The number of nitrogens with zero attached hydrogens (tertiary/aromatic N) is 1. The molecular formula is C23H29NO3. The van der Waals surface area contributed by atoms with Crippen LogP contribution in [-0.4, -0.2) is 23.3 Å². The summed E-state index contributed by atoms with van der Waals surface area (Å²) in [5.41, 5.74) is 2.10. The first kappa shape index (κ1) is 20.8. The van der Waals surface area contributed by atoms with Gasteiger partial charge < -0.3 is 10.0 Å². The van der Waals surface area contributed by atoms with E-state index in [4.69, 9.17) is 0 Å². The van der Waals surface area contributed by atoms with Crippen LogP contribution in [0.3, 0.4) is 0 Å². The van der Waals surface area contributed by atoms with Gasteiger partial charge in [-0.2, -0.15) is 0 Å². The maximum Gasteiger partial charge on any atom is 0.233 e. The summed E-state index contributed by atoms with van der Waals surface area (Å²) >= 11 is 0. The average molecular weight is 367 g/mol. The van der Waals surface area contributed by atoms with Gasteiger partial charge >= 0.3 is 0 Å². The molecule has 1 amide bonds. The second-order valence-electron chi connectivity index (χ2n) is 6.79. The molecule has 0 saturated heterocycles. The number of Topliss-reactive ketones (excluding diaryl/α,β-unsaturated/α-hetero) is 1. The summed E-state index contributed by atoms with van der Waals surface area (Å²) in [5.74, 6) is -0.607. The minimum absolute atomic E-state index is 0.0177. The van der Waals surface area contributed by atoms with Crippen LogP contribution in [0.4, 0.5) is 5.69 Å². The molecule has 0 aliphatic rings. The van der Waals surface area contributed by atoms with Crippen molar-refractivity contribution in [1.82, 2.24) is 0 Å². The Balaban J connectivity index is 2.29. The van der Waals surface area contributed by atoms with E-state index in [1.165, 1.54) is 6.92 Å². The van der Waals surface area contributed by atoms with Gasteiger partial charge in [-0.15, -0.1) is 0 Å². The zero-order chi connectivity index (χ0) is 19.8. The first-order valence-electron chi connectivity index (χ1n) is 9.65. The number of aliphatic hydroxyl groups excluding tert-OH is 1. The highest BCUT2D eigenvalue weighted by atomic mass is 16.3. The van der Waals surface area contributed by atoms with Crippen LogP contribution in [0.2, 0.25) is 0 Å². The summed E-state index contributed by atoms with van der Waals surface area (Å²) < 4.78 is 0. The first-order valence-corrected chi connectivity index (χ1v) is 9.65. The standard InChI is InChI=1S/C23H29NO3/c1-4-6-12-21(22(26)19-15-13-18(14-16-19)17(3)25)23(27)24(5-2)20-10-8-7-9-11-20/h7-11,13-16,21-22,26H,4-6,12H2,1-3H3/t21-,22-/m1/s1. The van der Waals surface area contributed by atoms with Gasteiger partial charge in [-0.3, -0.25) is 9.59 Å². The van der Waals surface area contributed by atoms with Crippen LogP contribution in [0.5, 0.6) is 0 Å².